The summed E-state index contributed by atoms with van der Waals surface area (Å²) in [5.41, 5.74) is 10.7. The Kier molecular flexibility index (Phi) is 5.88. The number of hydrogen-bond donors (Lipinski definition) is 2. The summed E-state index contributed by atoms with van der Waals surface area (Å²) in [6, 6.07) is 0.986. The predicted molar refractivity (Wildman–Crippen MR) is 62.8 cm³/mol. The van der Waals surface area contributed by atoms with Gasteiger partial charge in [0.15, 0.2) is 5.96 Å². The molecular weight excluding hydrogens is 200 g/mol. The first-order valence-corrected chi connectivity index (χ1v) is 4.92. The molecule has 0 aliphatic carbocycles. The number of guanidine groups is 1. The average molecular weight is 221 g/mol. The van der Waals surface area contributed by atoms with Gasteiger partial charge in [0.25, 0.3) is 0 Å². The van der Waals surface area contributed by atoms with Gasteiger partial charge in [-0.3, -0.25) is 4.99 Å². The normalized spacial score (nSPS) is 19.1. The maximum absolute atomic E-state index is 5.33. The SMILES string of the molecule is CC(C)N1CCC(N=C(N)N)CC1.Cl. The van der Waals surface area contributed by atoms with Gasteiger partial charge in [-0.05, 0) is 26.7 Å². The molecule has 84 valence electrons. The van der Waals surface area contributed by atoms with Crippen molar-refractivity contribution >= 4 is 18.4 Å². The maximum atomic E-state index is 5.33. The predicted octanol–water partition coefficient (Wildman–Crippen LogP) is 0.554. The van der Waals surface area contributed by atoms with E-state index in [0.29, 0.717) is 12.1 Å². The van der Waals surface area contributed by atoms with E-state index in [9.17, 15) is 0 Å². The third-order valence-electron chi connectivity index (χ3n) is 2.56. The van der Waals surface area contributed by atoms with Crippen molar-refractivity contribution in [2.24, 2.45) is 16.5 Å². The molecule has 1 saturated heterocycles. The van der Waals surface area contributed by atoms with Crippen LogP contribution in [0.2, 0.25) is 0 Å². The summed E-state index contributed by atoms with van der Waals surface area (Å²) in [7, 11) is 0. The zero-order valence-electron chi connectivity index (χ0n) is 8.94. The zero-order chi connectivity index (χ0) is 9.84. The Balaban J connectivity index is 0.00000169. The van der Waals surface area contributed by atoms with Crippen molar-refractivity contribution in [1.82, 2.24) is 4.90 Å². The average Bonchev–Trinajstić information content (AvgIpc) is 2.04. The summed E-state index contributed by atoms with van der Waals surface area (Å²) < 4.78 is 0. The fraction of sp³-hybridized carbons (Fsp3) is 0.889. The number of hydrogen-bond acceptors (Lipinski definition) is 2. The number of piperidine rings is 1. The van der Waals surface area contributed by atoms with E-state index in [1.165, 1.54) is 0 Å². The fourth-order valence-electron chi connectivity index (χ4n) is 1.74. The summed E-state index contributed by atoms with van der Waals surface area (Å²) >= 11 is 0. The van der Waals surface area contributed by atoms with Crippen LogP contribution in [0.1, 0.15) is 26.7 Å². The first kappa shape index (κ1) is 13.5. The fourth-order valence-corrected chi connectivity index (χ4v) is 1.74. The Bertz CT molecular complexity index is 181. The van der Waals surface area contributed by atoms with Crippen LogP contribution in [-0.4, -0.2) is 36.0 Å². The van der Waals surface area contributed by atoms with E-state index in [0.717, 1.165) is 25.9 Å². The monoisotopic (exact) mass is 220 g/mol. The van der Waals surface area contributed by atoms with Crippen LogP contribution in [0.4, 0.5) is 0 Å². The minimum absolute atomic E-state index is 0. The molecule has 0 saturated carbocycles. The van der Waals surface area contributed by atoms with Gasteiger partial charge in [-0.1, -0.05) is 0 Å². The van der Waals surface area contributed by atoms with Gasteiger partial charge in [-0.15, -0.1) is 12.4 Å². The smallest absolute Gasteiger partial charge is 0.186 e. The second-order valence-corrected chi connectivity index (χ2v) is 3.91. The first-order chi connectivity index (χ1) is 6.09. The minimum Gasteiger partial charge on any atom is -0.370 e. The van der Waals surface area contributed by atoms with Crippen molar-refractivity contribution in [3.63, 3.8) is 0 Å². The molecule has 1 fully saturated rings. The highest BCUT2D eigenvalue weighted by Gasteiger charge is 2.19. The van der Waals surface area contributed by atoms with Crippen LogP contribution in [0.15, 0.2) is 4.99 Å². The number of rotatable bonds is 2. The Morgan fingerprint density at radius 3 is 2.14 bits per heavy atom. The van der Waals surface area contributed by atoms with Gasteiger partial charge < -0.3 is 16.4 Å². The topological polar surface area (TPSA) is 67.6 Å². The first-order valence-electron chi connectivity index (χ1n) is 4.92. The second-order valence-electron chi connectivity index (χ2n) is 3.91. The van der Waals surface area contributed by atoms with Crippen LogP contribution in [0, 0.1) is 0 Å². The number of aliphatic imine (C=N–C) groups is 1. The Labute approximate surface area is 92.1 Å². The number of nitrogens with zero attached hydrogens (tertiary/aromatic N) is 2. The van der Waals surface area contributed by atoms with Crippen molar-refractivity contribution in [2.75, 3.05) is 13.1 Å². The highest BCUT2D eigenvalue weighted by Crippen LogP contribution is 2.15. The van der Waals surface area contributed by atoms with Gasteiger partial charge in [0, 0.05) is 19.1 Å². The third kappa shape index (κ3) is 4.15. The minimum atomic E-state index is 0. The van der Waals surface area contributed by atoms with Gasteiger partial charge in [-0.25, -0.2) is 0 Å². The number of likely N-dealkylation sites (tertiary alicyclic amines) is 1. The highest BCUT2D eigenvalue weighted by atomic mass is 35.5. The molecule has 0 aromatic heterocycles. The van der Waals surface area contributed by atoms with Gasteiger partial charge in [0.1, 0.15) is 0 Å². The van der Waals surface area contributed by atoms with Gasteiger partial charge >= 0.3 is 0 Å². The van der Waals surface area contributed by atoms with Crippen LogP contribution >= 0.6 is 12.4 Å². The second kappa shape index (κ2) is 6.09. The molecule has 1 heterocycles. The molecule has 4 nitrogen and oxygen atoms in total. The van der Waals surface area contributed by atoms with Crippen molar-refractivity contribution in [3.05, 3.63) is 0 Å². The van der Waals surface area contributed by atoms with Crippen LogP contribution in [0.5, 0.6) is 0 Å². The van der Waals surface area contributed by atoms with Crippen molar-refractivity contribution in [1.29, 1.82) is 0 Å². The van der Waals surface area contributed by atoms with Crippen LogP contribution in [0.3, 0.4) is 0 Å². The Morgan fingerprint density at radius 1 is 1.29 bits per heavy atom. The molecule has 0 aromatic rings. The summed E-state index contributed by atoms with van der Waals surface area (Å²) in [6.07, 6.45) is 2.16. The van der Waals surface area contributed by atoms with E-state index >= 15 is 0 Å². The zero-order valence-corrected chi connectivity index (χ0v) is 9.76. The molecule has 0 unspecified atom stereocenters. The Morgan fingerprint density at radius 2 is 1.79 bits per heavy atom. The van der Waals surface area contributed by atoms with Gasteiger partial charge in [0.05, 0.1) is 6.04 Å². The molecule has 0 atom stereocenters. The lowest BCUT2D eigenvalue weighted by molar-refractivity contribution is 0.173. The van der Waals surface area contributed by atoms with E-state index in [1.807, 2.05) is 0 Å². The highest BCUT2D eigenvalue weighted by molar-refractivity contribution is 5.85. The molecule has 0 amide bonds. The van der Waals surface area contributed by atoms with Crippen molar-refractivity contribution in [2.45, 2.75) is 38.8 Å². The molecule has 0 spiro atoms. The molecule has 4 N–H and O–H groups in total. The largest absolute Gasteiger partial charge is 0.370 e. The van der Waals surface area contributed by atoms with E-state index in [1.54, 1.807) is 0 Å². The van der Waals surface area contributed by atoms with E-state index in [4.69, 9.17) is 11.5 Å². The molecule has 0 bridgehead atoms. The molecule has 14 heavy (non-hydrogen) atoms. The molecule has 1 aliphatic rings. The number of halogens is 1. The van der Waals surface area contributed by atoms with Crippen LogP contribution in [-0.2, 0) is 0 Å². The summed E-state index contributed by atoms with van der Waals surface area (Å²) in [5, 5.41) is 0. The van der Waals surface area contributed by atoms with Crippen molar-refractivity contribution in [3.8, 4) is 0 Å². The summed E-state index contributed by atoms with van der Waals surface area (Å²) in [6.45, 7) is 6.67. The standard InChI is InChI=1S/C9H20N4.ClH/c1-7(2)13-5-3-8(4-6-13)12-9(10)11;/h7-8H,3-6H2,1-2H3,(H4,10,11,12);1H. The molecule has 0 radical (unpaired) electrons. The molecular formula is C9H21ClN4. The lowest BCUT2D eigenvalue weighted by Gasteiger charge is -2.33. The molecule has 5 heteroatoms. The quantitative estimate of drug-likeness (QED) is 0.528. The lowest BCUT2D eigenvalue weighted by Crippen LogP contribution is -2.40. The summed E-state index contributed by atoms with van der Waals surface area (Å²) in [4.78, 5) is 6.63. The van der Waals surface area contributed by atoms with E-state index in [-0.39, 0.29) is 18.4 Å². The third-order valence-corrected chi connectivity index (χ3v) is 2.56. The molecule has 1 aliphatic heterocycles. The van der Waals surface area contributed by atoms with E-state index in [2.05, 4.69) is 23.7 Å². The maximum Gasteiger partial charge on any atom is 0.186 e. The van der Waals surface area contributed by atoms with Gasteiger partial charge in [0.2, 0.25) is 0 Å². The van der Waals surface area contributed by atoms with Crippen LogP contribution in [0.25, 0.3) is 0 Å². The van der Waals surface area contributed by atoms with Crippen LogP contribution < -0.4 is 11.5 Å². The Hall–Kier alpha value is -0.480. The molecule has 1 rings (SSSR count). The summed E-state index contributed by atoms with van der Waals surface area (Å²) in [5.74, 6) is 0.225. The van der Waals surface area contributed by atoms with E-state index < -0.39 is 0 Å². The molecule has 0 aromatic carbocycles. The van der Waals surface area contributed by atoms with Gasteiger partial charge in [-0.2, -0.15) is 0 Å². The number of nitrogens with two attached hydrogens (primary N) is 2. The lowest BCUT2D eigenvalue weighted by atomic mass is 10.0. The van der Waals surface area contributed by atoms with Crippen molar-refractivity contribution < 1.29 is 0 Å².